The summed E-state index contributed by atoms with van der Waals surface area (Å²) in [5.74, 6) is 0.901. The zero-order chi connectivity index (χ0) is 13.8. The van der Waals surface area contributed by atoms with Gasteiger partial charge in [0, 0.05) is 25.7 Å². The molecule has 0 aliphatic heterocycles. The van der Waals surface area contributed by atoms with Crippen molar-refractivity contribution in [2.24, 2.45) is 5.92 Å². The first-order valence-corrected chi connectivity index (χ1v) is 6.40. The Morgan fingerprint density at radius 2 is 2.32 bits per heavy atom. The fraction of sp³-hybridized carbons (Fsp3) is 0.462. The van der Waals surface area contributed by atoms with Crippen LogP contribution < -0.4 is 11.1 Å². The Morgan fingerprint density at radius 1 is 1.53 bits per heavy atom. The minimum Gasteiger partial charge on any atom is -0.369 e. The SMILES string of the molecule is CC(C)CNC(=O)CCn1c(N)nc2cnccc21. The minimum absolute atomic E-state index is 0.0315. The average molecular weight is 261 g/mol. The second kappa shape index (κ2) is 5.69. The fourth-order valence-corrected chi connectivity index (χ4v) is 1.86. The van der Waals surface area contributed by atoms with Crippen molar-refractivity contribution in [3.8, 4) is 0 Å². The lowest BCUT2D eigenvalue weighted by Gasteiger charge is -2.09. The van der Waals surface area contributed by atoms with Crippen LogP contribution in [0.5, 0.6) is 0 Å². The average Bonchev–Trinajstić information content (AvgIpc) is 2.69. The van der Waals surface area contributed by atoms with Gasteiger partial charge in [0.05, 0.1) is 11.7 Å². The maximum absolute atomic E-state index is 11.7. The summed E-state index contributed by atoms with van der Waals surface area (Å²) in [7, 11) is 0. The number of fused-ring (bicyclic) bond motifs is 1. The Kier molecular flexibility index (Phi) is 3.99. The molecule has 0 saturated heterocycles. The number of amides is 1. The lowest BCUT2D eigenvalue weighted by Crippen LogP contribution is -2.28. The van der Waals surface area contributed by atoms with Gasteiger partial charge in [-0.25, -0.2) is 4.98 Å². The van der Waals surface area contributed by atoms with Gasteiger partial charge in [-0.2, -0.15) is 0 Å². The molecular formula is C13H19N5O. The van der Waals surface area contributed by atoms with Gasteiger partial charge < -0.3 is 15.6 Å². The van der Waals surface area contributed by atoms with E-state index in [-0.39, 0.29) is 5.91 Å². The summed E-state index contributed by atoms with van der Waals surface area (Å²) in [5.41, 5.74) is 7.51. The second-order valence-corrected chi connectivity index (χ2v) is 4.93. The largest absolute Gasteiger partial charge is 0.369 e. The van der Waals surface area contributed by atoms with Gasteiger partial charge in [-0.05, 0) is 12.0 Å². The molecule has 0 atom stereocenters. The molecule has 0 bridgehead atoms. The molecule has 2 aromatic rings. The van der Waals surface area contributed by atoms with E-state index in [4.69, 9.17) is 5.73 Å². The van der Waals surface area contributed by atoms with Crippen LogP contribution in [0.2, 0.25) is 0 Å². The minimum atomic E-state index is 0.0315. The van der Waals surface area contributed by atoms with Crippen LogP contribution in [0, 0.1) is 5.92 Å². The van der Waals surface area contributed by atoms with Gasteiger partial charge in [0.15, 0.2) is 0 Å². The van der Waals surface area contributed by atoms with Crippen molar-refractivity contribution in [3.63, 3.8) is 0 Å². The number of pyridine rings is 1. The van der Waals surface area contributed by atoms with Gasteiger partial charge >= 0.3 is 0 Å². The van der Waals surface area contributed by atoms with E-state index in [1.54, 1.807) is 12.4 Å². The van der Waals surface area contributed by atoms with Gasteiger partial charge in [-0.1, -0.05) is 13.8 Å². The normalized spacial score (nSPS) is 11.1. The number of carbonyl (C=O) groups excluding carboxylic acids is 1. The van der Waals surface area contributed by atoms with Gasteiger partial charge in [-0.3, -0.25) is 9.78 Å². The standard InChI is InChI=1S/C13H19N5O/c1-9(2)7-16-12(19)4-6-18-11-3-5-15-8-10(11)17-13(18)14/h3,5,8-9H,4,6-7H2,1-2H3,(H2,14,17)(H,16,19). The Bertz CT molecular complexity index is 575. The predicted molar refractivity (Wildman–Crippen MR) is 74.4 cm³/mol. The highest BCUT2D eigenvalue weighted by Crippen LogP contribution is 2.16. The smallest absolute Gasteiger partial charge is 0.221 e. The van der Waals surface area contributed by atoms with Crippen molar-refractivity contribution in [1.29, 1.82) is 0 Å². The summed E-state index contributed by atoms with van der Waals surface area (Å²) in [6, 6.07) is 1.85. The first-order chi connectivity index (χ1) is 9.08. The molecule has 0 aliphatic carbocycles. The van der Waals surface area contributed by atoms with E-state index >= 15 is 0 Å². The van der Waals surface area contributed by atoms with Crippen LogP contribution >= 0.6 is 0 Å². The van der Waals surface area contributed by atoms with Crippen molar-refractivity contribution >= 4 is 22.9 Å². The maximum Gasteiger partial charge on any atom is 0.221 e. The number of imidazole rings is 1. The van der Waals surface area contributed by atoms with Crippen LogP contribution in [0.3, 0.4) is 0 Å². The lowest BCUT2D eigenvalue weighted by atomic mass is 10.2. The molecule has 0 fully saturated rings. The first kappa shape index (κ1) is 13.3. The van der Waals surface area contributed by atoms with Crippen molar-refractivity contribution in [2.75, 3.05) is 12.3 Å². The topological polar surface area (TPSA) is 85.8 Å². The Labute approximate surface area is 112 Å². The number of nitrogens with zero attached hydrogens (tertiary/aromatic N) is 3. The molecular weight excluding hydrogens is 242 g/mol. The molecule has 3 N–H and O–H groups in total. The van der Waals surface area contributed by atoms with Crippen LogP contribution in [0.4, 0.5) is 5.95 Å². The van der Waals surface area contributed by atoms with E-state index in [1.165, 1.54) is 0 Å². The number of nitrogens with one attached hydrogen (secondary N) is 1. The molecule has 1 amide bonds. The molecule has 0 radical (unpaired) electrons. The number of aromatic nitrogens is 3. The number of carbonyl (C=O) groups is 1. The second-order valence-electron chi connectivity index (χ2n) is 4.93. The van der Waals surface area contributed by atoms with Crippen molar-refractivity contribution < 1.29 is 4.79 Å². The van der Waals surface area contributed by atoms with Crippen LogP contribution in [0.25, 0.3) is 11.0 Å². The van der Waals surface area contributed by atoms with E-state index in [0.717, 1.165) is 11.0 Å². The van der Waals surface area contributed by atoms with E-state index in [1.807, 2.05) is 10.6 Å². The Hall–Kier alpha value is -2.11. The first-order valence-electron chi connectivity index (χ1n) is 6.40. The monoisotopic (exact) mass is 261 g/mol. The fourth-order valence-electron chi connectivity index (χ4n) is 1.86. The molecule has 6 nitrogen and oxygen atoms in total. The third-order valence-electron chi connectivity index (χ3n) is 2.85. The molecule has 19 heavy (non-hydrogen) atoms. The molecule has 2 rings (SSSR count). The highest BCUT2D eigenvalue weighted by atomic mass is 16.1. The molecule has 102 valence electrons. The van der Waals surface area contributed by atoms with Crippen molar-refractivity contribution in [3.05, 3.63) is 18.5 Å². The van der Waals surface area contributed by atoms with Gasteiger partial charge in [0.2, 0.25) is 11.9 Å². The third kappa shape index (κ3) is 3.21. The number of aryl methyl sites for hydroxylation is 1. The van der Waals surface area contributed by atoms with Gasteiger partial charge in [0.25, 0.3) is 0 Å². The van der Waals surface area contributed by atoms with Crippen molar-refractivity contribution in [1.82, 2.24) is 19.9 Å². The summed E-state index contributed by atoms with van der Waals surface area (Å²) in [6.45, 7) is 5.35. The molecule has 6 heteroatoms. The Balaban J connectivity index is 2.01. The number of nitrogens with two attached hydrogens (primary N) is 1. The highest BCUT2D eigenvalue weighted by Gasteiger charge is 2.09. The Morgan fingerprint density at radius 3 is 3.05 bits per heavy atom. The van der Waals surface area contributed by atoms with Gasteiger partial charge in [-0.15, -0.1) is 0 Å². The summed E-state index contributed by atoms with van der Waals surface area (Å²) >= 11 is 0. The summed E-state index contributed by atoms with van der Waals surface area (Å²) in [6.07, 6.45) is 3.75. The quantitative estimate of drug-likeness (QED) is 0.846. The third-order valence-corrected chi connectivity index (χ3v) is 2.85. The zero-order valence-electron chi connectivity index (χ0n) is 11.3. The van der Waals surface area contributed by atoms with Crippen LogP contribution in [0.1, 0.15) is 20.3 Å². The molecule has 2 heterocycles. The van der Waals surface area contributed by atoms with Crippen LogP contribution in [-0.4, -0.2) is 27.0 Å². The van der Waals surface area contributed by atoms with E-state index in [2.05, 4.69) is 29.1 Å². The van der Waals surface area contributed by atoms with Crippen molar-refractivity contribution in [2.45, 2.75) is 26.8 Å². The maximum atomic E-state index is 11.7. The molecule has 0 saturated carbocycles. The summed E-state index contributed by atoms with van der Waals surface area (Å²) < 4.78 is 1.84. The van der Waals surface area contributed by atoms with E-state index < -0.39 is 0 Å². The van der Waals surface area contributed by atoms with Gasteiger partial charge in [0.1, 0.15) is 5.52 Å². The summed E-state index contributed by atoms with van der Waals surface area (Å²) in [5, 5.41) is 2.89. The number of hydrogen-bond donors (Lipinski definition) is 2. The molecule has 0 unspecified atom stereocenters. The highest BCUT2D eigenvalue weighted by molar-refractivity contribution is 5.78. The molecule has 0 aromatic carbocycles. The molecule has 2 aromatic heterocycles. The predicted octanol–water partition coefficient (Wildman–Crippen LogP) is 1.18. The van der Waals surface area contributed by atoms with E-state index in [9.17, 15) is 4.79 Å². The lowest BCUT2D eigenvalue weighted by molar-refractivity contribution is -0.121. The number of anilines is 1. The molecule has 0 aliphatic rings. The van der Waals surface area contributed by atoms with Crippen LogP contribution in [0.15, 0.2) is 18.5 Å². The van der Waals surface area contributed by atoms with E-state index in [0.29, 0.717) is 31.4 Å². The summed E-state index contributed by atoms with van der Waals surface area (Å²) in [4.78, 5) is 19.9. The van der Waals surface area contributed by atoms with Crippen LogP contribution in [-0.2, 0) is 11.3 Å². The molecule has 0 spiro atoms. The zero-order valence-corrected chi connectivity index (χ0v) is 11.3. The number of rotatable bonds is 5. The number of nitrogen functional groups attached to an aromatic ring is 1. The number of hydrogen-bond acceptors (Lipinski definition) is 4.